The molecule has 74 valence electrons. The van der Waals surface area contributed by atoms with Crippen molar-refractivity contribution < 1.29 is 14.0 Å². The topological polar surface area (TPSA) is 60.2 Å². The van der Waals surface area contributed by atoms with Gasteiger partial charge in [-0.2, -0.15) is 0 Å². The Morgan fingerprint density at radius 3 is 2.67 bits per heavy atom. The second-order valence-corrected chi connectivity index (χ2v) is 2.89. The van der Waals surface area contributed by atoms with Crippen LogP contribution in [0.2, 0.25) is 0 Å². The molecule has 1 aromatic carbocycles. The summed E-state index contributed by atoms with van der Waals surface area (Å²) >= 11 is 0. The molecule has 0 spiro atoms. The summed E-state index contributed by atoms with van der Waals surface area (Å²) in [6.07, 6.45) is 1.39. The zero-order valence-electron chi connectivity index (χ0n) is 7.71. The second kappa shape index (κ2) is 3.88. The molecule has 4 heteroatoms. The number of nitrogens with zero attached hydrogens (tertiary/aromatic N) is 1. The predicted molar refractivity (Wildman–Crippen MR) is 52.3 cm³/mol. The van der Waals surface area contributed by atoms with Crippen LogP contribution in [0.3, 0.4) is 0 Å². The number of benzene rings is 1. The fraction of sp³-hybridized carbons (Fsp3) is 0. The third-order valence-corrected chi connectivity index (χ3v) is 1.88. The van der Waals surface area contributed by atoms with E-state index in [1.54, 1.807) is 12.1 Å². The highest BCUT2D eigenvalue weighted by Crippen LogP contribution is 2.17. The lowest BCUT2D eigenvalue weighted by atomic mass is 10.2. The number of oxazole rings is 1. The monoisotopic (exact) mass is 201 g/mol. The third kappa shape index (κ3) is 1.83. The molecule has 15 heavy (non-hydrogen) atoms. The molecular formula is C11H7NO3. The first-order valence-corrected chi connectivity index (χ1v) is 4.31. The first kappa shape index (κ1) is 9.33. The van der Waals surface area contributed by atoms with E-state index in [2.05, 4.69) is 4.98 Å². The van der Waals surface area contributed by atoms with E-state index >= 15 is 0 Å². The molecule has 0 aliphatic carbocycles. The van der Waals surface area contributed by atoms with Crippen molar-refractivity contribution in [1.29, 1.82) is 0 Å². The number of aromatic nitrogens is 1. The summed E-state index contributed by atoms with van der Waals surface area (Å²) in [7, 11) is 0. The first-order valence-electron chi connectivity index (χ1n) is 4.31. The van der Waals surface area contributed by atoms with Gasteiger partial charge in [0, 0.05) is 5.56 Å². The predicted octanol–water partition coefficient (Wildman–Crippen LogP) is 1.72. The van der Waals surface area contributed by atoms with E-state index in [4.69, 9.17) is 4.42 Å². The maximum absolute atomic E-state index is 11.0. The zero-order valence-corrected chi connectivity index (χ0v) is 7.71. The molecule has 0 radical (unpaired) electrons. The lowest BCUT2D eigenvalue weighted by molar-refractivity contribution is -0.104. The molecule has 4 nitrogen and oxygen atoms in total. The summed E-state index contributed by atoms with van der Waals surface area (Å²) in [5, 5.41) is 0. The van der Waals surface area contributed by atoms with Crippen LogP contribution in [0.15, 0.2) is 41.0 Å². The van der Waals surface area contributed by atoms with Crippen LogP contribution in [-0.4, -0.2) is 17.1 Å². The number of rotatable bonds is 3. The summed E-state index contributed by atoms with van der Waals surface area (Å²) in [6.45, 7) is 0. The Morgan fingerprint density at radius 2 is 2.00 bits per heavy atom. The standard InChI is InChI=1S/C11H7NO3/c13-6-10(14)9-7-15-11(12-9)8-4-2-1-3-5-8/h1-7H. The van der Waals surface area contributed by atoms with Crippen LogP contribution in [0.1, 0.15) is 10.5 Å². The maximum Gasteiger partial charge on any atom is 0.246 e. The lowest BCUT2D eigenvalue weighted by Gasteiger charge is -1.91. The van der Waals surface area contributed by atoms with Crippen molar-refractivity contribution in [1.82, 2.24) is 4.98 Å². The van der Waals surface area contributed by atoms with E-state index in [0.717, 1.165) is 5.56 Å². The van der Waals surface area contributed by atoms with Gasteiger partial charge in [-0.15, -0.1) is 0 Å². The van der Waals surface area contributed by atoms with E-state index in [1.807, 2.05) is 18.2 Å². The minimum absolute atomic E-state index is 0.0313. The molecule has 0 saturated heterocycles. The van der Waals surface area contributed by atoms with Gasteiger partial charge in [-0.3, -0.25) is 9.59 Å². The van der Waals surface area contributed by atoms with E-state index in [-0.39, 0.29) is 12.0 Å². The molecule has 0 bridgehead atoms. The minimum atomic E-state index is -0.680. The molecule has 0 N–H and O–H groups in total. The third-order valence-electron chi connectivity index (χ3n) is 1.88. The van der Waals surface area contributed by atoms with E-state index in [9.17, 15) is 9.59 Å². The Kier molecular flexibility index (Phi) is 2.41. The quantitative estimate of drug-likeness (QED) is 0.431. The van der Waals surface area contributed by atoms with E-state index < -0.39 is 5.78 Å². The Labute approximate surface area is 85.6 Å². The largest absolute Gasteiger partial charge is 0.444 e. The van der Waals surface area contributed by atoms with Crippen molar-refractivity contribution >= 4 is 12.1 Å². The summed E-state index contributed by atoms with van der Waals surface area (Å²) in [4.78, 5) is 25.1. The molecule has 2 rings (SSSR count). The van der Waals surface area contributed by atoms with Crippen molar-refractivity contribution in [2.24, 2.45) is 0 Å². The highest BCUT2D eigenvalue weighted by Gasteiger charge is 2.11. The number of carbonyl (C=O) groups is 2. The van der Waals surface area contributed by atoms with Crippen LogP contribution >= 0.6 is 0 Å². The van der Waals surface area contributed by atoms with Crippen LogP contribution in [0, 0.1) is 0 Å². The molecule has 0 fully saturated rings. The van der Waals surface area contributed by atoms with Gasteiger partial charge in [0.25, 0.3) is 0 Å². The van der Waals surface area contributed by atoms with Gasteiger partial charge in [0.1, 0.15) is 6.26 Å². The minimum Gasteiger partial charge on any atom is -0.444 e. The van der Waals surface area contributed by atoms with Crippen molar-refractivity contribution in [2.45, 2.75) is 0 Å². The molecule has 0 saturated carbocycles. The van der Waals surface area contributed by atoms with Crippen LogP contribution < -0.4 is 0 Å². The second-order valence-electron chi connectivity index (χ2n) is 2.89. The highest BCUT2D eigenvalue weighted by atomic mass is 16.3. The van der Waals surface area contributed by atoms with E-state index in [0.29, 0.717) is 5.89 Å². The molecule has 2 aromatic rings. The number of carbonyl (C=O) groups excluding carboxylic acids is 2. The average Bonchev–Trinajstić information content (AvgIpc) is 2.78. The summed E-state index contributed by atoms with van der Waals surface area (Å²) in [5.74, 6) is -0.346. The smallest absolute Gasteiger partial charge is 0.246 e. The van der Waals surface area contributed by atoms with Gasteiger partial charge in [-0.1, -0.05) is 18.2 Å². The van der Waals surface area contributed by atoms with Crippen LogP contribution in [-0.2, 0) is 4.79 Å². The molecule has 0 amide bonds. The summed E-state index contributed by atoms with van der Waals surface area (Å²) < 4.78 is 5.08. The number of ketones is 1. The van der Waals surface area contributed by atoms with Gasteiger partial charge in [0.05, 0.1) is 0 Å². The van der Waals surface area contributed by atoms with Gasteiger partial charge in [-0.25, -0.2) is 4.98 Å². The van der Waals surface area contributed by atoms with E-state index in [1.165, 1.54) is 6.26 Å². The zero-order chi connectivity index (χ0) is 10.7. The van der Waals surface area contributed by atoms with Gasteiger partial charge >= 0.3 is 0 Å². The maximum atomic E-state index is 11.0. The Bertz CT molecular complexity index is 488. The fourth-order valence-electron chi connectivity index (χ4n) is 1.16. The Hall–Kier alpha value is -2.23. The van der Waals surface area contributed by atoms with Crippen molar-refractivity contribution in [3.8, 4) is 11.5 Å². The molecule has 0 unspecified atom stereocenters. The van der Waals surface area contributed by atoms with Crippen LogP contribution in [0.5, 0.6) is 0 Å². The van der Waals surface area contributed by atoms with Crippen molar-refractivity contribution in [3.05, 3.63) is 42.3 Å². The average molecular weight is 201 g/mol. The number of Topliss-reactive ketones (excluding diaryl/α,β-unsaturated/α-hetero) is 1. The summed E-state index contributed by atoms with van der Waals surface area (Å²) in [5.41, 5.74) is 0.798. The molecular weight excluding hydrogens is 194 g/mol. The van der Waals surface area contributed by atoms with Gasteiger partial charge in [-0.05, 0) is 12.1 Å². The molecule has 1 aromatic heterocycles. The normalized spacial score (nSPS) is 9.87. The van der Waals surface area contributed by atoms with Crippen molar-refractivity contribution in [3.63, 3.8) is 0 Å². The lowest BCUT2D eigenvalue weighted by Crippen LogP contribution is -1.99. The fourth-order valence-corrected chi connectivity index (χ4v) is 1.16. The van der Waals surface area contributed by atoms with Crippen LogP contribution in [0.25, 0.3) is 11.5 Å². The molecule has 0 aliphatic heterocycles. The van der Waals surface area contributed by atoms with Crippen molar-refractivity contribution in [2.75, 3.05) is 0 Å². The number of hydrogen-bond donors (Lipinski definition) is 0. The SMILES string of the molecule is O=CC(=O)c1coc(-c2ccccc2)n1. The van der Waals surface area contributed by atoms with Gasteiger partial charge < -0.3 is 4.42 Å². The highest BCUT2D eigenvalue weighted by molar-refractivity contribution is 6.32. The number of hydrogen-bond acceptors (Lipinski definition) is 4. The molecule has 1 heterocycles. The summed E-state index contributed by atoms with van der Waals surface area (Å²) in [6, 6.07) is 9.15. The van der Waals surface area contributed by atoms with Crippen LogP contribution in [0.4, 0.5) is 0 Å². The Balaban J connectivity index is 2.36. The van der Waals surface area contributed by atoms with Gasteiger partial charge in [0.2, 0.25) is 11.7 Å². The first-order chi connectivity index (χ1) is 7.31. The van der Waals surface area contributed by atoms with Gasteiger partial charge in [0.15, 0.2) is 12.0 Å². The Morgan fingerprint density at radius 1 is 1.27 bits per heavy atom. The molecule has 0 atom stereocenters. The number of aldehydes is 1. The molecule has 0 aliphatic rings.